The zero-order valence-electron chi connectivity index (χ0n) is 15.1. The molecule has 2 N–H and O–H groups in total. The number of phenols is 1. The van der Waals surface area contributed by atoms with Gasteiger partial charge in [-0.1, -0.05) is 6.07 Å². The van der Waals surface area contributed by atoms with E-state index < -0.39 is 45.1 Å². The molecule has 1 aromatic carbocycles. The van der Waals surface area contributed by atoms with Crippen LogP contribution in [0.1, 0.15) is 12.5 Å². The normalized spacial score (nSPS) is 19.9. The van der Waals surface area contributed by atoms with E-state index in [0.29, 0.717) is 10.5 Å². The van der Waals surface area contributed by atoms with Crippen LogP contribution in [0.2, 0.25) is 0 Å². The van der Waals surface area contributed by atoms with Crippen LogP contribution in [-0.2, 0) is 14.8 Å². The summed E-state index contributed by atoms with van der Waals surface area (Å²) in [6.07, 6.45) is -7.30. The van der Waals surface area contributed by atoms with Gasteiger partial charge in [-0.25, -0.2) is 18.2 Å². The Hall–Kier alpha value is -3.02. The van der Waals surface area contributed by atoms with E-state index in [2.05, 4.69) is 14.4 Å². The number of carbonyl (C=O) groups is 1. The Labute approximate surface area is 164 Å². The number of aromatic hydroxyl groups is 1. The molecular formula is C17H16F3N3O5S. The van der Waals surface area contributed by atoms with Gasteiger partial charge in [-0.15, -0.1) is 0 Å². The van der Waals surface area contributed by atoms with Crippen molar-refractivity contribution >= 4 is 27.6 Å². The quantitative estimate of drug-likeness (QED) is 0.770. The van der Waals surface area contributed by atoms with Crippen LogP contribution < -0.4 is 9.62 Å². The lowest BCUT2D eigenvalue weighted by atomic mass is 10.1. The van der Waals surface area contributed by atoms with E-state index in [4.69, 9.17) is 0 Å². The molecular weight excluding hydrogens is 415 g/mol. The van der Waals surface area contributed by atoms with E-state index in [-0.39, 0.29) is 11.5 Å². The Morgan fingerprint density at radius 2 is 1.97 bits per heavy atom. The van der Waals surface area contributed by atoms with Gasteiger partial charge in [0.1, 0.15) is 10.6 Å². The zero-order chi connectivity index (χ0) is 21.6. The Kier molecular flexibility index (Phi) is 5.07. The third kappa shape index (κ3) is 3.92. The molecule has 12 heteroatoms. The lowest BCUT2D eigenvalue weighted by Crippen LogP contribution is -2.41. The van der Waals surface area contributed by atoms with Crippen molar-refractivity contribution in [1.82, 2.24) is 4.98 Å². The van der Waals surface area contributed by atoms with Crippen LogP contribution >= 0.6 is 0 Å². The molecule has 0 bridgehead atoms. The first-order valence-corrected chi connectivity index (χ1v) is 9.74. The second-order valence-corrected chi connectivity index (χ2v) is 8.06. The lowest BCUT2D eigenvalue weighted by molar-refractivity contribution is -0.198. The summed E-state index contributed by atoms with van der Waals surface area (Å²) >= 11 is 0. The first kappa shape index (κ1) is 20.7. The molecule has 29 heavy (non-hydrogen) atoms. The number of alkyl halides is 3. The maximum Gasteiger partial charge on any atom is 0.427 e. The maximum atomic E-state index is 13.1. The predicted molar refractivity (Wildman–Crippen MR) is 96.2 cm³/mol. The summed E-state index contributed by atoms with van der Waals surface area (Å²) in [6.45, 7) is 2.73. The fourth-order valence-corrected chi connectivity index (χ4v) is 4.13. The van der Waals surface area contributed by atoms with Crippen LogP contribution in [0.15, 0.2) is 41.4 Å². The smallest absolute Gasteiger partial charge is 0.427 e. The highest BCUT2D eigenvalue weighted by molar-refractivity contribution is 7.92. The van der Waals surface area contributed by atoms with Crippen molar-refractivity contribution in [1.29, 1.82) is 0 Å². The molecule has 3 rings (SSSR count). The average molecular weight is 431 g/mol. The molecule has 1 fully saturated rings. The number of hydrogen-bond acceptors (Lipinski definition) is 6. The molecule has 0 unspecified atom stereocenters. The summed E-state index contributed by atoms with van der Waals surface area (Å²) in [7, 11) is -4.34. The van der Waals surface area contributed by atoms with Gasteiger partial charge in [0.05, 0.1) is 11.7 Å². The average Bonchev–Trinajstić information content (AvgIpc) is 2.92. The minimum absolute atomic E-state index is 0.250. The zero-order valence-corrected chi connectivity index (χ0v) is 16.0. The summed E-state index contributed by atoms with van der Waals surface area (Å²) in [5.74, 6) is -0.868. The van der Waals surface area contributed by atoms with Crippen molar-refractivity contribution in [3.63, 3.8) is 0 Å². The molecule has 156 valence electrons. The third-order valence-corrected chi connectivity index (χ3v) is 5.65. The monoisotopic (exact) mass is 431 g/mol. The highest BCUT2D eigenvalue weighted by Gasteiger charge is 2.55. The Bertz CT molecular complexity index is 1060. The van der Waals surface area contributed by atoms with Gasteiger partial charge in [0.15, 0.2) is 5.82 Å². The number of rotatable bonds is 4. The fraction of sp³-hybridized carbons (Fsp3) is 0.294. The summed E-state index contributed by atoms with van der Waals surface area (Å²) in [5, 5.41) is 9.89. The van der Waals surface area contributed by atoms with E-state index in [1.165, 1.54) is 36.5 Å². The van der Waals surface area contributed by atoms with E-state index in [1.54, 1.807) is 6.92 Å². The van der Waals surface area contributed by atoms with Crippen LogP contribution in [0.4, 0.5) is 29.5 Å². The van der Waals surface area contributed by atoms with E-state index in [0.717, 1.165) is 6.92 Å². The van der Waals surface area contributed by atoms with Gasteiger partial charge in [-0.05, 0) is 43.7 Å². The van der Waals surface area contributed by atoms with Crippen molar-refractivity contribution in [2.45, 2.75) is 37.1 Å². The molecule has 1 aliphatic rings. The van der Waals surface area contributed by atoms with Gasteiger partial charge in [-0.2, -0.15) is 13.2 Å². The highest BCUT2D eigenvalue weighted by Crippen LogP contribution is 2.38. The Balaban J connectivity index is 2.00. The molecule has 1 aliphatic heterocycles. The molecule has 8 nitrogen and oxygen atoms in total. The number of cyclic esters (lactones) is 1. The predicted octanol–water partition coefficient (Wildman–Crippen LogP) is 3.17. The van der Waals surface area contributed by atoms with Gasteiger partial charge in [0.25, 0.3) is 10.0 Å². The van der Waals surface area contributed by atoms with Crippen molar-refractivity contribution < 1.29 is 36.2 Å². The van der Waals surface area contributed by atoms with Gasteiger partial charge >= 0.3 is 12.3 Å². The summed E-state index contributed by atoms with van der Waals surface area (Å²) < 4.78 is 71.3. The molecule has 0 spiro atoms. The third-order valence-electron chi connectivity index (χ3n) is 4.26. The SMILES string of the molecule is Cc1ccc(O)c(S(=O)(=O)Nc2cccnc2N2C(=O)O[C@H](C(F)(F)F)[C@H]2C)c1. The van der Waals surface area contributed by atoms with Crippen molar-refractivity contribution in [2.75, 3.05) is 9.62 Å². The summed E-state index contributed by atoms with van der Waals surface area (Å²) in [6, 6.07) is 5.01. The molecule has 1 aromatic heterocycles. The number of benzene rings is 1. The molecule has 2 heterocycles. The fourth-order valence-electron chi connectivity index (χ4n) is 2.89. The second kappa shape index (κ2) is 7.10. The van der Waals surface area contributed by atoms with Crippen LogP contribution in [0.25, 0.3) is 0 Å². The molecule has 1 saturated heterocycles. The number of nitrogens with zero attached hydrogens (tertiary/aromatic N) is 2. The number of anilines is 2. The minimum atomic E-state index is -4.80. The molecule has 0 aliphatic carbocycles. The van der Waals surface area contributed by atoms with Crippen LogP contribution in [-0.4, -0.2) is 42.9 Å². The number of aromatic nitrogens is 1. The van der Waals surface area contributed by atoms with Gasteiger partial charge in [-0.3, -0.25) is 9.62 Å². The Morgan fingerprint density at radius 3 is 2.59 bits per heavy atom. The van der Waals surface area contributed by atoms with Crippen LogP contribution in [0.3, 0.4) is 0 Å². The largest absolute Gasteiger partial charge is 0.507 e. The van der Waals surface area contributed by atoms with Gasteiger partial charge in [0.2, 0.25) is 6.10 Å². The first-order valence-electron chi connectivity index (χ1n) is 8.26. The molecule has 1 amide bonds. The van der Waals surface area contributed by atoms with E-state index in [9.17, 15) is 31.5 Å². The maximum absolute atomic E-state index is 13.1. The number of pyridine rings is 1. The topological polar surface area (TPSA) is 109 Å². The van der Waals surface area contributed by atoms with Crippen LogP contribution in [0.5, 0.6) is 5.75 Å². The Morgan fingerprint density at radius 1 is 1.28 bits per heavy atom. The molecule has 2 aromatic rings. The van der Waals surface area contributed by atoms with Gasteiger partial charge < -0.3 is 9.84 Å². The number of hydrogen-bond donors (Lipinski definition) is 2. The standard InChI is InChI=1S/C17H16F3N3O5S/c1-9-5-6-12(24)13(8-9)29(26,27)22-11-4-3-7-21-15(11)23-10(2)14(17(18,19)20)28-16(23)25/h3-8,10,14,22,24H,1-2H3/t10-,14+/m1/s1. The summed E-state index contributed by atoms with van der Waals surface area (Å²) in [5.41, 5.74) is 0.305. The summed E-state index contributed by atoms with van der Waals surface area (Å²) in [4.78, 5) is 16.1. The molecule has 0 saturated carbocycles. The van der Waals surface area contributed by atoms with E-state index >= 15 is 0 Å². The number of amides is 1. The number of nitrogens with one attached hydrogen (secondary N) is 1. The van der Waals surface area contributed by atoms with Gasteiger partial charge in [0, 0.05) is 6.20 Å². The minimum Gasteiger partial charge on any atom is -0.507 e. The lowest BCUT2D eigenvalue weighted by Gasteiger charge is -2.23. The van der Waals surface area contributed by atoms with E-state index in [1.807, 2.05) is 0 Å². The number of ether oxygens (including phenoxy) is 1. The number of carbonyl (C=O) groups excluding carboxylic acids is 1. The highest BCUT2D eigenvalue weighted by atomic mass is 32.2. The van der Waals surface area contributed by atoms with Crippen molar-refractivity contribution in [3.05, 3.63) is 42.1 Å². The molecule has 2 atom stereocenters. The number of aryl methyl sites for hydroxylation is 1. The first-order chi connectivity index (χ1) is 13.4. The van der Waals surface area contributed by atoms with Crippen LogP contribution in [0, 0.1) is 6.92 Å². The number of phenolic OH excluding ortho intramolecular Hbond substituents is 1. The van der Waals surface area contributed by atoms with Crippen molar-refractivity contribution in [2.24, 2.45) is 0 Å². The van der Waals surface area contributed by atoms with Crippen molar-refractivity contribution in [3.8, 4) is 5.75 Å². The second-order valence-electron chi connectivity index (χ2n) is 6.41. The number of halogens is 3. The molecule has 0 radical (unpaired) electrons. The number of sulfonamides is 1.